The molecule has 2 amide bonds. The topological polar surface area (TPSA) is 60.0 Å². The minimum atomic E-state index is -0.327. The highest BCUT2D eigenvalue weighted by molar-refractivity contribution is 6.01. The van der Waals surface area contributed by atoms with Gasteiger partial charge in [-0.2, -0.15) is 0 Å². The number of hydrogen-bond acceptors (Lipinski definition) is 1. The van der Waals surface area contributed by atoms with Gasteiger partial charge in [-0.25, -0.2) is 9.18 Å². The molecule has 0 aliphatic carbocycles. The zero-order valence-corrected chi connectivity index (χ0v) is 12.0. The Bertz CT molecular complexity index is 596. The number of hydrogen-bond donors (Lipinski definition) is 2. The van der Waals surface area contributed by atoms with Gasteiger partial charge in [0.05, 0.1) is 13.1 Å². The molecule has 4 nitrogen and oxygen atoms in total. The average molecular weight is 288 g/mol. The summed E-state index contributed by atoms with van der Waals surface area (Å²) in [6, 6.07) is 13.1. The number of nitrogens with one attached hydrogen (secondary N) is 1. The number of anilines is 2. The predicted molar refractivity (Wildman–Crippen MR) is 81.7 cm³/mol. The second-order valence-corrected chi connectivity index (χ2v) is 4.78. The van der Waals surface area contributed by atoms with E-state index in [9.17, 15) is 9.18 Å². The van der Waals surface area contributed by atoms with E-state index in [2.05, 4.69) is 11.1 Å². The second-order valence-electron chi connectivity index (χ2n) is 4.78. The number of carbonyl (C=O) groups is 1. The molecule has 0 fully saturated rings. The maximum absolute atomic E-state index is 13.0. The molecule has 0 unspecified atom stereocenters. The molecule has 0 aromatic heterocycles. The summed E-state index contributed by atoms with van der Waals surface area (Å²) in [5, 5.41) is 2.83. The van der Waals surface area contributed by atoms with Gasteiger partial charge < -0.3 is 11.1 Å². The lowest BCUT2D eigenvalue weighted by atomic mass is 10.2. The van der Waals surface area contributed by atoms with Gasteiger partial charge in [-0.05, 0) is 43.3 Å². The molecule has 5 heteroatoms. The van der Waals surface area contributed by atoms with Crippen LogP contribution in [0.3, 0.4) is 0 Å². The van der Waals surface area contributed by atoms with Crippen LogP contribution in [0.5, 0.6) is 0 Å². The quantitative estimate of drug-likeness (QED) is 0.891. The number of quaternary nitrogens is 1. The molecule has 0 aliphatic rings. The third-order valence-corrected chi connectivity index (χ3v) is 3.07. The molecule has 0 heterocycles. The number of carbonyl (C=O) groups excluding carboxylic acids is 1. The zero-order valence-electron chi connectivity index (χ0n) is 12.0. The third kappa shape index (κ3) is 4.03. The largest absolute Gasteiger partial charge is 0.356 e. The van der Waals surface area contributed by atoms with Crippen LogP contribution in [0.2, 0.25) is 0 Å². The smallest absolute Gasteiger partial charge is 0.326 e. The Morgan fingerprint density at radius 3 is 2.33 bits per heavy atom. The Labute approximate surface area is 123 Å². The first-order chi connectivity index (χ1) is 10.1. The van der Waals surface area contributed by atoms with E-state index in [1.807, 2.05) is 31.2 Å². The normalized spacial score (nSPS) is 10.2. The van der Waals surface area contributed by atoms with Gasteiger partial charge >= 0.3 is 6.03 Å². The molecular weight excluding hydrogens is 269 g/mol. The molecule has 0 saturated heterocycles. The van der Waals surface area contributed by atoms with Crippen molar-refractivity contribution in [2.75, 3.05) is 23.3 Å². The lowest BCUT2D eigenvalue weighted by molar-refractivity contribution is -0.363. The van der Waals surface area contributed by atoms with E-state index in [4.69, 9.17) is 0 Å². The molecule has 0 saturated carbocycles. The number of rotatable bonds is 4. The van der Waals surface area contributed by atoms with Crippen LogP contribution in [0.4, 0.5) is 20.6 Å². The maximum atomic E-state index is 13.0. The van der Waals surface area contributed by atoms with Crippen molar-refractivity contribution in [1.29, 1.82) is 0 Å². The molecule has 0 bridgehead atoms. The van der Waals surface area contributed by atoms with Gasteiger partial charge in [0.1, 0.15) is 5.82 Å². The summed E-state index contributed by atoms with van der Waals surface area (Å²) in [4.78, 5) is 13.9. The van der Waals surface area contributed by atoms with E-state index in [0.717, 1.165) is 11.3 Å². The molecule has 4 N–H and O–H groups in total. The van der Waals surface area contributed by atoms with Crippen molar-refractivity contribution in [3.8, 4) is 0 Å². The van der Waals surface area contributed by atoms with Crippen molar-refractivity contribution in [2.45, 2.75) is 6.92 Å². The van der Waals surface area contributed by atoms with Crippen LogP contribution in [0.15, 0.2) is 48.5 Å². The minimum Gasteiger partial charge on any atom is -0.356 e. The van der Waals surface area contributed by atoms with Crippen LogP contribution < -0.4 is 16.0 Å². The molecule has 0 aliphatic heterocycles. The van der Waals surface area contributed by atoms with Crippen molar-refractivity contribution < 1.29 is 14.9 Å². The molecule has 110 valence electrons. The fourth-order valence-electron chi connectivity index (χ4n) is 1.95. The second kappa shape index (κ2) is 6.85. The summed E-state index contributed by atoms with van der Waals surface area (Å²) in [6.07, 6.45) is 0. The lowest BCUT2D eigenvalue weighted by Crippen LogP contribution is -2.56. The number of urea groups is 1. The number of nitrogens with zero attached hydrogens (tertiary/aromatic N) is 1. The van der Waals surface area contributed by atoms with Crippen LogP contribution in [-0.4, -0.2) is 19.1 Å². The molecule has 2 aromatic rings. The van der Waals surface area contributed by atoms with Gasteiger partial charge in [-0.1, -0.05) is 17.7 Å². The van der Waals surface area contributed by atoms with Gasteiger partial charge in [-0.15, -0.1) is 0 Å². The first kappa shape index (κ1) is 15.0. The maximum Gasteiger partial charge on any atom is 0.326 e. The van der Waals surface area contributed by atoms with Crippen molar-refractivity contribution >= 4 is 17.4 Å². The number of benzene rings is 2. The first-order valence-electron chi connectivity index (χ1n) is 6.80. The highest BCUT2D eigenvalue weighted by atomic mass is 19.1. The molecule has 2 aromatic carbocycles. The Morgan fingerprint density at radius 2 is 1.76 bits per heavy atom. The van der Waals surface area contributed by atoms with Crippen LogP contribution in [-0.2, 0) is 0 Å². The van der Waals surface area contributed by atoms with E-state index in [0.29, 0.717) is 18.8 Å². The molecule has 0 spiro atoms. The van der Waals surface area contributed by atoms with Gasteiger partial charge in [0.2, 0.25) is 0 Å². The van der Waals surface area contributed by atoms with E-state index in [-0.39, 0.29) is 11.8 Å². The van der Waals surface area contributed by atoms with Gasteiger partial charge in [-0.3, -0.25) is 4.90 Å². The number of amides is 2. The summed E-state index contributed by atoms with van der Waals surface area (Å²) in [5.41, 5.74) is 6.27. The molecule has 0 atom stereocenters. The van der Waals surface area contributed by atoms with E-state index < -0.39 is 0 Å². The Kier molecular flexibility index (Phi) is 4.90. The Balaban J connectivity index is 2.15. The van der Waals surface area contributed by atoms with Crippen molar-refractivity contribution in [3.63, 3.8) is 0 Å². The van der Waals surface area contributed by atoms with Crippen LogP contribution >= 0.6 is 0 Å². The molecule has 0 radical (unpaired) electrons. The first-order valence-corrected chi connectivity index (χ1v) is 6.80. The van der Waals surface area contributed by atoms with Crippen LogP contribution in [0, 0.1) is 12.7 Å². The zero-order chi connectivity index (χ0) is 15.2. The molecular formula is C16H19FN3O+. The highest BCUT2D eigenvalue weighted by Crippen LogP contribution is 2.17. The summed E-state index contributed by atoms with van der Waals surface area (Å²) < 4.78 is 13.0. The van der Waals surface area contributed by atoms with Crippen LogP contribution in [0.1, 0.15) is 5.56 Å². The fraction of sp³-hybridized carbons (Fsp3) is 0.188. The molecule has 2 rings (SSSR count). The number of aryl methyl sites for hydroxylation is 1. The fourth-order valence-corrected chi connectivity index (χ4v) is 1.95. The monoisotopic (exact) mass is 288 g/mol. The Hall–Kier alpha value is -2.40. The SMILES string of the molecule is Cc1ccc(NC(=O)N(CC[NH3+])c2ccc(F)cc2)cc1. The van der Waals surface area contributed by atoms with E-state index in [1.165, 1.54) is 12.1 Å². The molecule has 21 heavy (non-hydrogen) atoms. The standard InChI is InChI=1S/C16H18FN3O/c1-12-2-6-14(7-3-12)19-16(21)20(11-10-18)15-8-4-13(17)5-9-15/h2-9H,10-11,18H2,1H3,(H,19,21)/p+1. The van der Waals surface area contributed by atoms with Crippen LogP contribution in [0.25, 0.3) is 0 Å². The van der Waals surface area contributed by atoms with Gasteiger partial charge in [0.15, 0.2) is 0 Å². The van der Waals surface area contributed by atoms with Gasteiger partial charge in [0, 0.05) is 11.4 Å². The van der Waals surface area contributed by atoms with Gasteiger partial charge in [0.25, 0.3) is 0 Å². The van der Waals surface area contributed by atoms with E-state index >= 15 is 0 Å². The van der Waals surface area contributed by atoms with Crippen molar-refractivity contribution in [2.24, 2.45) is 0 Å². The lowest BCUT2D eigenvalue weighted by Gasteiger charge is -2.22. The average Bonchev–Trinajstić information content (AvgIpc) is 2.48. The van der Waals surface area contributed by atoms with E-state index in [1.54, 1.807) is 17.0 Å². The van der Waals surface area contributed by atoms with Crippen molar-refractivity contribution in [1.82, 2.24) is 0 Å². The summed E-state index contributed by atoms with van der Waals surface area (Å²) in [5.74, 6) is -0.327. The predicted octanol–water partition coefficient (Wildman–Crippen LogP) is 2.41. The highest BCUT2D eigenvalue weighted by Gasteiger charge is 2.15. The minimum absolute atomic E-state index is 0.255. The Morgan fingerprint density at radius 1 is 1.14 bits per heavy atom. The summed E-state index contributed by atoms with van der Waals surface area (Å²) in [7, 11) is 0. The summed E-state index contributed by atoms with van der Waals surface area (Å²) in [6.45, 7) is 3.02. The van der Waals surface area contributed by atoms with Crippen molar-refractivity contribution in [3.05, 3.63) is 59.9 Å². The number of halogens is 1. The summed E-state index contributed by atoms with van der Waals surface area (Å²) >= 11 is 0. The third-order valence-electron chi connectivity index (χ3n) is 3.07.